The molecule has 0 fully saturated rings. The number of benzene rings is 2. The predicted octanol–water partition coefficient (Wildman–Crippen LogP) is 3.69. The fraction of sp³-hybridized carbons (Fsp3) is 0.294. The minimum absolute atomic E-state index is 0.0729. The molecule has 0 spiro atoms. The smallest absolute Gasteiger partial charge is 0.263 e. The molecule has 0 heterocycles. The molecule has 100 valence electrons. The number of hydrogen-bond donors (Lipinski definition) is 0. The second kappa shape index (κ2) is 3.69. The van der Waals surface area contributed by atoms with Gasteiger partial charge in [-0.3, -0.25) is 10.1 Å². The quantitative estimate of drug-likeness (QED) is 0.583. The molecule has 1 atom stereocenters. The van der Waals surface area contributed by atoms with Crippen molar-refractivity contribution in [2.75, 3.05) is 0 Å². The molecule has 3 aliphatic carbocycles. The summed E-state index contributed by atoms with van der Waals surface area (Å²) < 4.78 is 0. The number of nitro groups is 1. The van der Waals surface area contributed by atoms with Crippen LogP contribution in [0.3, 0.4) is 0 Å². The van der Waals surface area contributed by atoms with Gasteiger partial charge in [0.25, 0.3) is 5.54 Å². The first-order chi connectivity index (χ1) is 9.66. The zero-order valence-electron chi connectivity index (χ0n) is 11.2. The minimum Gasteiger partial charge on any atom is -0.263 e. The standard InChI is InChI=1S/C17H15NO2/c1-11-10-17(18(19)20)14-8-4-2-6-12(14)16(11)13-7-3-5-9-15(13)17/h2-9,11,16H,10H2,1H3. The lowest BCUT2D eigenvalue weighted by Gasteiger charge is -2.46. The Morgan fingerprint density at radius 2 is 1.55 bits per heavy atom. The predicted molar refractivity (Wildman–Crippen MR) is 76.3 cm³/mol. The van der Waals surface area contributed by atoms with Crippen molar-refractivity contribution in [3.05, 3.63) is 80.9 Å². The summed E-state index contributed by atoms with van der Waals surface area (Å²) in [5.41, 5.74) is 3.02. The van der Waals surface area contributed by atoms with Crippen LogP contribution in [0.15, 0.2) is 48.5 Å². The molecular formula is C17H15NO2. The van der Waals surface area contributed by atoms with Gasteiger partial charge < -0.3 is 0 Å². The number of nitrogens with zero attached hydrogens (tertiary/aromatic N) is 1. The van der Waals surface area contributed by atoms with Crippen LogP contribution in [0.5, 0.6) is 0 Å². The van der Waals surface area contributed by atoms with Crippen LogP contribution in [0.25, 0.3) is 0 Å². The lowest BCUT2D eigenvalue weighted by Crippen LogP contribution is -2.48. The third kappa shape index (κ3) is 1.16. The minimum atomic E-state index is -1.05. The summed E-state index contributed by atoms with van der Waals surface area (Å²) in [6.07, 6.45) is 0.596. The SMILES string of the molecule is CC1CC2([N+](=O)[O-])c3ccccc3C1c1ccccc12. The van der Waals surface area contributed by atoms with Gasteiger partial charge in [-0.25, -0.2) is 0 Å². The van der Waals surface area contributed by atoms with E-state index in [1.807, 2.05) is 36.4 Å². The van der Waals surface area contributed by atoms with Gasteiger partial charge in [0.2, 0.25) is 0 Å². The lowest BCUT2D eigenvalue weighted by atomic mass is 9.56. The fourth-order valence-electron chi connectivity index (χ4n) is 4.29. The Labute approximate surface area is 117 Å². The molecule has 0 radical (unpaired) electrons. The number of rotatable bonds is 1. The highest BCUT2D eigenvalue weighted by Crippen LogP contribution is 2.58. The molecule has 0 amide bonds. The first-order valence-electron chi connectivity index (χ1n) is 6.99. The Kier molecular flexibility index (Phi) is 2.15. The van der Waals surface area contributed by atoms with Gasteiger partial charge in [0.1, 0.15) is 0 Å². The highest BCUT2D eigenvalue weighted by atomic mass is 16.6. The molecule has 3 aliphatic rings. The second-order valence-corrected chi connectivity index (χ2v) is 5.95. The van der Waals surface area contributed by atoms with E-state index in [9.17, 15) is 10.1 Å². The highest BCUT2D eigenvalue weighted by Gasteiger charge is 2.59. The Bertz CT molecular complexity index is 675. The maximum absolute atomic E-state index is 12.0. The summed E-state index contributed by atoms with van der Waals surface area (Å²) in [5.74, 6) is 0.592. The molecule has 1 unspecified atom stereocenters. The molecule has 20 heavy (non-hydrogen) atoms. The van der Waals surface area contributed by atoms with Gasteiger partial charge in [0.05, 0.1) is 0 Å². The molecule has 2 aromatic carbocycles. The molecule has 3 heteroatoms. The summed E-state index contributed by atoms with van der Waals surface area (Å²) in [5, 5.41) is 12.0. The van der Waals surface area contributed by atoms with Crippen molar-refractivity contribution in [3.8, 4) is 0 Å². The molecule has 0 saturated heterocycles. The van der Waals surface area contributed by atoms with E-state index >= 15 is 0 Å². The molecule has 5 rings (SSSR count). The van der Waals surface area contributed by atoms with E-state index in [0.29, 0.717) is 18.3 Å². The third-order valence-electron chi connectivity index (χ3n) is 4.98. The van der Waals surface area contributed by atoms with E-state index in [4.69, 9.17) is 0 Å². The highest BCUT2D eigenvalue weighted by molar-refractivity contribution is 5.57. The Morgan fingerprint density at radius 3 is 2.05 bits per heavy atom. The van der Waals surface area contributed by atoms with E-state index in [1.54, 1.807) is 0 Å². The van der Waals surface area contributed by atoms with E-state index in [1.165, 1.54) is 0 Å². The Hall–Kier alpha value is -2.16. The van der Waals surface area contributed by atoms with Crippen LogP contribution in [-0.4, -0.2) is 4.92 Å². The van der Waals surface area contributed by atoms with Crippen LogP contribution in [0.2, 0.25) is 0 Å². The van der Waals surface area contributed by atoms with Crippen LogP contribution in [0, 0.1) is 16.0 Å². The first kappa shape index (κ1) is 11.6. The normalized spacial score (nSPS) is 29.6. The van der Waals surface area contributed by atoms with Gasteiger partial charge >= 0.3 is 0 Å². The van der Waals surface area contributed by atoms with Gasteiger partial charge in [-0.1, -0.05) is 55.5 Å². The van der Waals surface area contributed by atoms with Crippen molar-refractivity contribution in [2.45, 2.75) is 24.8 Å². The van der Waals surface area contributed by atoms with Gasteiger partial charge in [-0.2, -0.15) is 0 Å². The average Bonchev–Trinajstić information content (AvgIpc) is 2.47. The van der Waals surface area contributed by atoms with Crippen LogP contribution in [0.4, 0.5) is 0 Å². The molecule has 0 saturated carbocycles. The molecule has 0 aromatic heterocycles. The molecule has 2 bridgehead atoms. The molecule has 0 aliphatic heterocycles. The molecule has 2 aromatic rings. The second-order valence-electron chi connectivity index (χ2n) is 5.95. The van der Waals surface area contributed by atoms with E-state index in [0.717, 1.165) is 22.3 Å². The molecular weight excluding hydrogens is 250 g/mol. The van der Waals surface area contributed by atoms with Gasteiger partial charge in [-0.15, -0.1) is 0 Å². The van der Waals surface area contributed by atoms with Crippen LogP contribution in [-0.2, 0) is 5.54 Å². The maximum Gasteiger partial charge on any atom is 0.272 e. The monoisotopic (exact) mass is 265 g/mol. The largest absolute Gasteiger partial charge is 0.272 e. The lowest BCUT2D eigenvalue weighted by molar-refractivity contribution is -0.571. The van der Waals surface area contributed by atoms with Crippen LogP contribution >= 0.6 is 0 Å². The van der Waals surface area contributed by atoms with E-state index in [-0.39, 0.29) is 4.92 Å². The zero-order chi connectivity index (χ0) is 13.9. The van der Waals surface area contributed by atoms with Crippen molar-refractivity contribution in [1.82, 2.24) is 0 Å². The third-order valence-corrected chi connectivity index (χ3v) is 4.98. The average molecular weight is 265 g/mol. The van der Waals surface area contributed by atoms with Crippen molar-refractivity contribution >= 4 is 0 Å². The summed E-state index contributed by atoms with van der Waals surface area (Å²) in [7, 11) is 0. The van der Waals surface area contributed by atoms with Crippen molar-refractivity contribution < 1.29 is 4.92 Å². The van der Waals surface area contributed by atoms with Crippen molar-refractivity contribution in [3.63, 3.8) is 0 Å². The van der Waals surface area contributed by atoms with Gasteiger partial charge in [-0.05, 0) is 17.0 Å². The van der Waals surface area contributed by atoms with Crippen molar-refractivity contribution in [1.29, 1.82) is 0 Å². The Morgan fingerprint density at radius 1 is 1.05 bits per heavy atom. The van der Waals surface area contributed by atoms with Gasteiger partial charge in [0.15, 0.2) is 0 Å². The number of hydrogen-bond acceptors (Lipinski definition) is 2. The molecule has 0 N–H and O–H groups in total. The zero-order valence-corrected chi connectivity index (χ0v) is 11.2. The Balaban J connectivity index is 2.15. The first-order valence-corrected chi connectivity index (χ1v) is 6.99. The summed E-state index contributed by atoms with van der Waals surface area (Å²) in [6.45, 7) is 2.13. The summed E-state index contributed by atoms with van der Waals surface area (Å²) in [6, 6.07) is 15.8. The van der Waals surface area contributed by atoms with Crippen molar-refractivity contribution in [2.24, 2.45) is 5.92 Å². The van der Waals surface area contributed by atoms with Crippen LogP contribution < -0.4 is 0 Å². The van der Waals surface area contributed by atoms with E-state index < -0.39 is 5.54 Å². The van der Waals surface area contributed by atoms with Crippen LogP contribution in [0.1, 0.15) is 41.5 Å². The van der Waals surface area contributed by atoms with Gasteiger partial charge in [0, 0.05) is 28.4 Å². The number of fused-ring (bicyclic) bond motifs is 1. The maximum atomic E-state index is 12.0. The van der Waals surface area contributed by atoms with E-state index in [2.05, 4.69) is 19.1 Å². The fourth-order valence-corrected chi connectivity index (χ4v) is 4.29. The topological polar surface area (TPSA) is 43.1 Å². The summed E-state index contributed by atoms with van der Waals surface area (Å²) in [4.78, 5) is 11.9. The molecule has 3 nitrogen and oxygen atoms in total. The summed E-state index contributed by atoms with van der Waals surface area (Å²) >= 11 is 0.